The van der Waals surface area contributed by atoms with Crippen molar-refractivity contribution in [3.63, 3.8) is 0 Å². The van der Waals surface area contributed by atoms with Gasteiger partial charge in [-0.25, -0.2) is 0 Å². The first kappa shape index (κ1) is 18.0. The summed E-state index contributed by atoms with van der Waals surface area (Å²) in [5.41, 5.74) is 2.66. The lowest BCUT2D eigenvalue weighted by atomic mass is 10.2. The van der Waals surface area contributed by atoms with Crippen LogP contribution < -0.4 is 10.2 Å². The highest BCUT2D eigenvalue weighted by molar-refractivity contribution is 5.47. The van der Waals surface area contributed by atoms with Gasteiger partial charge < -0.3 is 15.0 Å². The van der Waals surface area contributed by atoms with Gasteiger partial charge in [-0.2, -0.15) is 0 Å². The Morgan fingerprint density at radius 1 is 0.952 bits per heavy atom. The third-order valence-electron chi connectivity index (χ3n) is 3.68. The molecule has 0 unspecified atom stereocenters. The second kappa shape index (κ2) is 11.6. The van der Waals surface area contributed by atoms with Crippen LogP contribution in [0.25, 0.3) is 0 Å². The Bertz CT molecular complexity index is 347. The van der Waals surface area contributed by atoms with Crippen LogP contribution >= 0.6 is 0 Å². The van der Waals surface area contributed by atoms with Crippen LogP contribution in [0.1, 0.15) is 45.6 Å². The van der Waals surface area contributed by atoms with Gasteiger partial charge in [0, 0.05) is 38.5 Å². The Kier molecular flexibility index (Phi) is 9.92. The molecule has 3 heteroatoms. The SMILES string of the molecule is CCCCOCCCNCc1ccc(N(CC)CC)cc1. The Balaban J connectivity index is 2.15. The van der Waals surface area contributed by atoms with Crippen molar-refractivity contribution in [2.45, 2.75) is 46.6 Å². The number of anilines is 1. The van der Waals surface area contributed by atoms with Gasteiger partial charge in [0.05, 0.1) is 0 Å². The van der Waals surface area contributed by atoms with Crippen LogP contribution in [0.3, 0.4) is 0 Å². The molecule has 0 aliphatic carbocycles. The van der Waals surface area contributed by atoms with Crippen LogP contribution in [-0.4, -0.2) is 32.8 Å². The number of ether oxygens (including phenoxy) is 1. The van der Waals surface area contributed by atoms with E-state index in [2.05, 4.69) is 55.3 Å². The van der Waals surface area contributed by atoms with Crippen LogP contribution in [0.5, 0.6) is 0 Å². The van der Waals surface area contributed by atoms with Gasteiger partial charge in [0.25, 0.3) is 0 Å². The van der Waals surface area contributed by atoms with Gasteiger partial charge in [-0.15, -0.1) is 0 Å². The number of nitrogens with one attached hydrogen (secondary N) is 1. The molecule has 120 valence electrons. The molecule has 21 heavy (non-hydrogen) atoms. The van der Waals surface area contributed by atoms with Crippen molar-refractivity contribution in [2.24, 2.45) is 0 Å². The first-order chi connectivity index (χ1) is 10.3. The molecule has 0 radical (unpaired) electrons. The van der Waals surface area contributed by atoms with Crippen molar-refractivity contribution in [3.05, 3.63) is 29.8 Å². The van der Waals surface area contributed by atoms with E-state index >= 15 is 0 Å². The van der Waals surface area contributed by atoms with Gasteiger partial charge in [-0.1, -0.05) is 25.5 Å². The third-order valence-corrected chi connectivity index (χ3v) is 3.68. The van der Waals surface area contributed by atoms with Crippen molar-refractivity contribution >= 4 is 5.69 Å². The van der Waals surface area contributed by atoms with E-state index in [4.69, 9.17) is 4.74 Å². The topological polar surface area (TPSA) is 24.5 Å². The maximum Gasteiger partial charge on any atom is 0.0478 e. The largest absolute Gasteiger partial charge is 0.381 e. The van der Waals surface area contributed by atoms with Crippen LogP contribution in [0, 0.1) is 0 Å². The van der Waals surface area contributed by atoms with E-state index in [1.807, 2.05) is 0 Å². The molecule has 0 heterocycles. The molecule has 3 nitrogen and oxygen atoms in total. The smallest absolute Gasteiger partial charge is 0.0478 e. The molecule has 0 aliphatic heterocycles. The fourth-order valence-corrected chi connectivity index (χ4v) is 2.29. The summed E-state index contributed by atoms with van der Waals surface area (Å²) in [5.74, 6) is 0. The average Bonchev–Trinajstić information content (AvgIpc) is 2.52. The second-order valence-electron chi connectivity index (χ2n) is 5.33. The van der Waals surface area contributed by atoms with Gasteiger partial charge in [-0.3, -0.25) is 0 Å². The molecule has 0 amide bonds. The number of hydrogen-bond acceptors (Lipinski definition) is 3. The molecule has 1 aromatic carbocycles. The molecule has 1 aromatic rings. The fraction of sp³-hybridized carbons (Fsp3) is 0.667. The van der Waals surface area contributed by atoms with E-state index in [0.29, 0.717) is 0 Å². The lowest BCUT2D eigenvalue weighted by Gasteiger charge is -2.21. The van der Waals surface area contributed by atoms with Gasteiger partial charge in [0.2, 0.25) is 0 Å². The predicted octanol–water partition coefficient (Wildman–Crippen LogP) is 3.83. The zero-order valence-corrected chi connectivity index (χ0v) is 14.0. The lowest BCUT2D eigenvalue weighted by Crippen LogP contribution is -2.21. The summed E-state index contributed by atoms with van der Waals surface area (Å²) in [4.78, 5) is 2.37. The van der Waals surface area contributed by atoms with Gasteiger partial charge in [0.15, 0.2) is 0 Å². The fourth-order valence-electron chi connectivity index (χ4n) is 2.29. The predicted molar refractivity (Wildman–Crippen MR) is 92.1 cm³/mol. The molecule has 0 aromatic heterocycles. The third kappa shape index (κ3) is 7.49. The molecule has 0 saturated heterocycles. The molecule has 0 bridgehead atoms. The van der Waals surface area contributed by atoms with Crippen molar-refractivity contribution in [1.29, 1.82) is 0 Å². The maximum atomic E-state index is 5.55. The van der Waals surface area contributed by atoms with E-state index in [1.165, 1.54) is 24.1 Å². The van der Waals surface area contributed by atoms with Gasteiger partial charge >= 0.3 is 0 Å². The Labute approximate surface area is 130 Å². The number of hydrogen-bond donors (Lipinski definition) is 1. The van der Waals surface area contributed by atoms with E-state index in [-0.39, 0.29) is 0 Å². The van der Waals surface area contributed by atoms with Crippen molar-refractivity contribution in [1.82, 2.24) is 5.32 Å². The first-order valence-electron chi connectivity index (χ1n) is 8.44. The maximum absolute atomic E-state index is 5.55. The van der Waals surface area contributed by atoms with E-state index in [0.717, 1.165) is 45.8 Å². The lowest BCUT2D eigenvalue weighted by molar-refractivity contribution is 0.129. The summed E-state index contributed by atoms with van der Waals surface area (Å²) in [5, 5.41) is 3.48. The summed E-state index contributed by atoms with van der Waals surface area (Å²) in [6.45, 7) is 12.4. The molecule has 0 atom stereocenters. The van der Waals surface area contributed by atoms with Gasteiger partial charge in [0.1, 0.15) is 0 Å². The molecular weight excluding hydrogens is 260 g/mol. The highest BCUT2D eigenvalue weighted by Gasteiger charge is 2.01. The zero-order valence-electron chi connectivity index (χ0n) is 14.0. The van der Waals surface area contributed by atoms with E-state index in [9.17, 15) is 0 Å². The highest BCUT2D eigenvalue weighted by atomic mass is 16.5. The summed E-state index contributed by atoms with van der Waals surface area (Å²) in [6, 6.07) is 8.88. The van der Waals surface area contributed by atoms with E-state index < -0.39 is 0 Å². The summed E-state index contributed by atoms with van der Waals surface area (Å²) in [7, 11) is 0. The molecule has 1 rings (SSSR count). The van der Waals surface area contributed by atoms with Crippen molar-refractivity contribution in [2.75, 3.05) is 37.7 Å². The average molecular weight is 292 g/mol. The van der Waals surface area contributed by atoms with Crippen LogP contribution in [0.15, 0.2) is 24.3 Å². The van der Waals surface area contributed by atoms with Crippen LogP contribution in [-0.2, 0) is 11.3 Å². The molecule has 0 spiro atoms. The molecule has 0 aliphatic rings. The summed E-state index contributed by atoms with van der Waals surface area (Å²) in [6.07, 6.45) is 3.47. The summed E-state index contributed by atoms with van der Waals surface area (Å²) < 4.78 is 5.55. The molecular formula is C18H32N2O. The number of rotatable bonds is 12. The zero-order chi connectivity index (χ0) is 15.3. The number of nitrogens with zero attached hydrogens (tertiary/aromatic N) is 1. The highest BCUT2D eigenvalue weighted by Crippen LogP contribution is 2.14. The Morgan fingerprint density at radius 3 is 2.24 bits per heavy atom. The Hall–Kier alpha value is -1.06. The molecule has 0 fully saturated rings. The van der Waals surface area contributed by atoms with Crippen LogP contribution in [0.4, 0.5) is 5.69 Å². The van der Waals surface area contributed by atoms with Crippen LogP contribution in [0.2, 0.25) is 0 Å². The Morgan fingerprint density at radius 2 is 1.62 bits per heavy atom. The molecule has 0 saturated carbocycles. The first-order valence-corrected chi connectivity index (χ1v) is 8.44. The van der Waals surface area contributed by atoms with Crippen molar-refractivity contribution < 1.29 is 4.74 Å². The number of unbranched alkanes of at least 4 members (excludes halogenated alkanes) is 1. The van der Waals surface area contributed by atoms with Crippen molar-refractivity contribution in [3.8, 4) is 0 Å². The second-order valence-corrected chi connectivity index (χ2v) is 5.33. The monoisotopic (exact) mass is 292 g/mol. The minimum absolute atomic E-state index is 0.869. The minimum Gasteiger partial charge on any atom is -0.381 e. The quantitative estimate of drug-likeness (QED) is 0.593. The molecule has 1 N–H and O–H groups in total. The standard InChI is InChI=1S/C18H32N2O/c1-4-7-14-21-15-8-13-19-16-17-9-11-18(12-10-17)20(5-2)6-3/h9-12,19H,4-8,13-16H2,1-3H3. The normalized spacial score (nSPS) is 10.8. The van der Waals surface area contributed by atoms with E-state index in [1.54, 1.807) is 0 Å². The number of benzene rings is 1. The summed E-state index contributed by atoms with van der Waals surface area (Å²) >= 11 is 0. The van der Waals surface area contributed by atoms with Gasteiger partial charge in [-0.05, 0) is 50.9 Å². The minimum atomic E-state index is 0.869.